The molecule has 2 aromatic rings. The van der Waals surface area contributed by atoms with Crippen LogP contribution in [0.4, 0.5) is 0 Å². The Morgan fingerprint density at radius 1 is 1.19 bits per heavy atom. The molecule has 0 bridgehead atoms. The van der Waals surface area contributed by atoms with Gasteiger partial charge in [0.1, 0.15) is 17.2 Å². The minimum absolute atomic E-state index is 0.0303. The number of aliphatic carboxylic acids is 1. The van der Waals surface area contributed by atoms with E-state index in [-0.39, 0.29) is 24.0 Å². The van der Waals surface area contributed by atoms with E-state index in [1.807, 2.05) is 19.1 Å². The van der Waals surface area contributed by atoms with Crippen LogP contribution in [0.25, 0.3) is 10.8 Å². The Kier molecular flexibility index (Phi) is 7.02. The predicted octanol–water partition coefficient (Wildman–Crippen LogP) is 2.33. The van der Waals surface area contributed by atoms with Gasteiger partial charge in [-0.2, -0.15) is 0 Å². The molecule has 4 rings (SSSR count). The van der Waals surface area contributed by atoms with Gasteiger partial charge < -0.3 is 20.1 Å². The lowest BCUT2D eigenvalue weighted by Gasteiger charge is -2.49. The number of ether oxygens (including phenoxy) is 1. The normalized spacial score (nSPS) is 20.3. The summed E-state index contributed by atoms with van der Waals surface area (Å²) in [5.74, 6) is -2.92. The number of hydrogen-bond acceptors (Lipinski definition) is 7. The van der Waals surface area contributed by atoms with Gasteiger partial charge in [-0.1, -0.05) is 30.8 Å². The van der Waals surface area contributed by atoms with E-state index in [9.17, 15) is 29.1 Å². The number of benzene rings is 2. The largest absolute Gasteiger partial charge is 0.494 e. The fourth-order valence-corrected chi connectivity index (χ4v) is 5.56. The molecule has 188 valence electrons. The highest BCUT2D eigenvalue weighted by molar-refractivity contribution is 7.98. The van der Waals surface area contributed by atoms with Crippen molar-refractivity contribution in [2.75, 3.05) is 6.61 Å². The number of β-lactam (4-membered cyclic amide) rings is 1. The number of rotatable bonds is 9. The van der Waals surface area contributed by atoms with Crippen LogP contribution in [0.3, 0.4) is 0 Å². The van der Waals surface area contributed by atoms with Gasteiger partial charge in [0.05, 0.1) is 12.2 Å². The number of carbonyl (C=O) groups excluding carboxylic acids is 4. The first-order valence-electron chi connectivity index (χ1n) is 11.3. The lowest BCUT2D eigenvalue weighted by atomic mass is 9.98. The van der Waals surface area contributed by atoms with Crippen molar-refractivity contribution in [2.45, 2.75) is 44.1 Å². The Morgan fingerprint density at radius 3 is 2.47 bits per heavy atom. The molecular formula is C25H25N3O7S. The summed E-state index contributed by atoms with van der Waals surface area (Å²) in [6.07, 6.45) is 0.0607. The van der Waals surface area contributed by atoms with Gasteiger partial charge in [-0.05, 0) is 54.3 Å². The van der Waals surface area contributed by atoms with Gasteiger partial charge in [-0.15, -0.1) is 0 Å². The van der Waals surface area contributed by atoms with E-state index >= 15 is 0 Å². The summed E-state index contributed by atoms with van der Waals surface area (Å²) in [6.45, 7) is 7.35. The summed E-state index contributed by atoms with van der Waals surface area (Å²) >= 11 is 0.741. The van der Waals surface area contributed by atoms with Crippen molar-refractivity contribution in [1.29, 1.82) is 0 Å². The van der Waals surface area contributed by atoms with Crippen LogP contribution in [-0.2, 0) is 19.2 Å². The molecule has 2 saturated heterocycles. The topological polar surface area (TPSA) is 133 Å². The van der Waals surface area contributed by atoms with Crippen LogP contribution in [0.15, 0.2) is 48.6 Å². The number of carboxylic acids is 1. The molecule has 11 heteroatoms. The van der Waals surface area contributed by atoms with Gasteiger partial charge in [0.25, 0.3) is 5.91 Å². The van der Waals surface area contributed by atoms with Crippen LogP contribution in [0.2, 0.25) is 0 Å². The Labute approximate surface area is 211 Å². The van der Waals surface area contributed by atoms with Gasteiger partial charge in [-0.3, -0.25) is 19.2 Å². The smallest absolute Gasteiger partial charge is 0.330 e. The summed E-state index contributed by atoms with van der Waals surface area (Å²) in [7, 11) is 0. The zero-order valence-corrected chi connectivity index (χ0v) is 20.5. The van der Waals surface area contributed by atoms with Crippen molar-refractivity contribution in [1.82, 2.24) is 14.5 Å². The third kappa shape index (κ3) is 4.53. The highest BCUT2D eigenvalue weighted by Gasteiger charge is 2.55. The molecular weight excluding hydrogens is 486 g/mol. The minimum Gasteiger partial charge on any atom is -0.494 e. The molecule has 4 amide bonds. The summed E-state index contributed by atoms with van der Waals surface area (Å²) in [6, 6.07) is 8.04. The fraction of sp³-hybridized carbons (Fsp3) is 0.320. The number of fused-ring (bicyclic) bond motifs is 1. The molecule has 3 unspecified atom stereocenters. The zero-order valence-electron chi connectivity index (χ0n) is 19.7. The summed E-state index contributed by atoms with van der Waals surface area (Å²) in [5, 5.41) is 12.8. The third-order valence-corrected chi connectivity index (χ3v) is 7.29. The van der Waals surface area contributed by atoms with Crippen LogP contribution in [0.5, 0.6) is 5.75 Å². The Morgan fingerprint density at radius 2 is 1.86 bits per heavy atom. The number of imide groups is 1. The van der Waals surface area contributed by atoms with E-state index in [1.165, 1.54) is 6.92 Å². The second-order valence-electron chi connectivity index (χ2n) is 8.49. The summed E-state index contributed by atoms with van der Waals surface area (Å²) < 4.78 is 6.53. The molecule has 0 aromatic heterocycles. The van der Waals surface area contributed by atoms with Crippen molar-refractivity contribution in [2.24, 2.45) is 0 Å². The maximum absolute atomic E-state index is 13.4. The highest BCUT2D eigenvalue weighted by atomic mass is 32.2. The second-order valence-corrected chi connectivity index (χ2v) is 9.55. The highest BCUT2D eigenvalue weighted by Crippen LogP contribution is 2.38. The lowest BCUT2D eigenvalue weighted by Crippen LogP contribution is -2.73. The molecule has 2 N–H and O–H groups in total. The minimum atomic E-state index is -1.38. The van der Waals surface area contributed by atoms with Gasteiger partial charge in [0.15, 0.2) is 6.04 Å². The molecule has 10 nitrogen and oxygen atoms in total. The van der Waals surface area contributed by atoms with E-state index in [4.69, 9.17) is 4.74 Å². The average Bonchev–Trinajstić information content (AvgIpc) is 3.16. The first-order valence-corrected chi connectivity index (χ1v) is 12.2. The standard InChI is InChI=1S/C25H25N3O7S/c1-4-35-15-11-14-7-5-6-8-16(14)17(12-15)22(31)26-20-23(32)27(21(13(2)3)25(33)34)24(20)36-28-18(29)9-10-19(28)30/h5-8,11-12,20-21,24H,2,4,9-10H2,1,3H3,(H,26,31)(H,33,34). The number of hydrogen-bond donors (Lipinski definition) is 2. The Hall–Kier alpha value is -3.86. The second kappa shape index (κ2) is 10.0. The van der Waals surface area contributed by atoms with Crippen molar-refractivity contribution in [3.8, 4) is 5.75 Å². The van der Waals surface area contributed by atoms with Crippen molar-refractivity contribution >= 4 is 52.3 Å². The SMILES string of the molecule is C=C(C)C(C(=O)O)N1C(=O)C(NC(=O)c2cc(OCC)cc3ccccc23)C1SN1C(=O)CCC1=O. The van der Waals surface area contributed by atoms with E-state index in [1.54, 1.807) is 24.3 Å². The van der Waals surface area contributed by atoms with Crippen molar-refractivity contribution in [3.05, 3.63) is 54.1 Å². The zero-order chi connectivity index (χ0) is 26.1. The molecule has 2 aliphatic rings. The van der Waals surface area contributed by atoms with Crippen LogP contribution < -0.4 is 10.1 Å². The number of nitrogens with zero attached hydrogens (tertiary/aromatic N) is 2. The third-order valence-electron chi connectivity index (χ3n) is 5.96. The monoisotopic (exact) mass is 511 g/mol. The Bertz CT molecular complexity index is 1260. The molecule has 0 radical (unpaired) electrons. The molecule has 3 atom stereocenters. The molecule has 0 saturated carbocycles. The molecule has 36 heavy (non-hydrogen) atoms. The fourth-order valence-electron chi connectivity index (χ4n) is 4.29. The number of amides is 4. The number of carboxylic acid groups (broad SMARTS) is 1. The first-order chi connectivity index (χ1) is 17.1. The quantitative estimate of drug-likeness (QED) is 0.227. The maximum Gasteiger partial charge on any atom is 0.330 e. The van der Waals surface area contributed by atoms with Gasteiger partial charge in [-0.25, -0.2) is 9.10 Å². The van der Waals surface area contributed by atoms with Crippen LogP contribution in [0, 0.1) is 0 Å². The van der Waals surface area contributed by atoms with Crippen LogP contribution in [-0.4, -0.2) is 68.0 Å². The molecule has 0 spiro atoms. The summed E-state index contributed by atoms with van der Waals surface area (Å²) in [5.41, 5.74) is 0.468. The van der Waals surface area contributed by atoms with Gasteiger partial charge in [0.2, 0.25) is 17.7 Å². The van der Waals surface area contributed by atoms with E-state index in [2.05, 4.69) is 11.9 Å². The summed E-state index contributed by atoms with van der Waals surface area (Å²) in [4.78, 5) is 63.9. The molecule has 2 aromatic carbocycles. The molecule has 0 aliphatic carbocycles. The number of carbonyl (C=O) groups is 5. The van der Waals surface area contributed by atoms with Gasteiger partial charge >= 0.3 is 5.97 Å². The maximum atomic E-state index is 13.4. The molecule has 2 aliphatic heterocycles. The van der Waals surface area contributed by atoms with Gasteiger partial charge in [0, 0.05) is 12.8 Å². The predicted molar refractivity (Wildman–Crippen MR) is 132 cm³/mol. The lowest BCUT2D eigenvalue weighted by molar-refractivity contribution is -0.158. The number of nitrogens with one attached hydrogen (secondary N) is 1. The molecule has 2 fully saturated rings. The van der Waals surface area contributed by atoms with E-state index < -0.39 is 47.1 Å². The Balaban J connectivity index is 1.67. The van der Waals surface area contributed by atoms with E-state index in [0.29, 0.717) is 17.7 Å². The van der Waals surface area contributed by atoms with Crippen LogP contribution in [0.1, 0.15) is 37.0 Å². The average molecular weight is 512 g/mol. The van der Waals surface area contributed by atoms with Crippen molar-refractivity contribution < 1.29 is 33.8 Å². The number of likely N-dealkylation sites (tertiary alicyclic amines) is 1. The molecule has 2 heterocycles. The first kappa shape index (κ1) is 25.2. The van der Waals surface area contributed by atoms with Crippen molar-refractivity contribution in [3.63, 3.8) is 0 Å². The van der Waals surface area contributed by atoms with Crippen LogP contribution >= 0.6 is 11.9 Å². The van der Waals surface area contributed by atoms with E-state index in [0.717, 1.165) is 26.5 Å².